The Kier molecular flexibility index (Phi) is 3.90. The van der Waals surface area contributed by atoms with Crippen molar-refractivity contribution in [3.05, 3.63) is 11.6 Å². The number of nitrogens with one attached hydrogen (secondary N) is 1. The Morgan fingerprint density at radius 1 is 1.31 bits per heavy atom. The quantitative estimate of drug-likeness (QED) is 0.728. The molecule has 0 saturated heterocycles. The first-order chi connectivity index (χ1) is 7.77. The Hall–Kier alpha value is -0.940. The van der Waals surface area contributed by atoms with Gasteiger partial charge in [-0.15, -0.1) is 10.2 Å². The van der Waals surface area contributed by atoms with Crippen LogP contribution in [-0.2, 0) is 19.5 Å². The van der Waals surface area contributed by atoms with E-state index in [1.807, 2.05) is 0 Å². The molecule has 0 radical (unpaired) electrons. The minimum Gasteiger partial charge on any atom is -0.314 e. The first-order valence-electron chi connectivity index (χ1n) is 6.04. The lowest BCUT2D eigenvalue weighted by atomic mass is 10.2. The summed E-state index contributed by atoms with van der Waals surface area (Å²) >= 11 is 0. The summed E-state index contributed by atoms with van der Waals surface area (Å²) in [6.45, 7) is 3.98. The average Bonchev–Trinajstić information content (AvgIpc) is 2.68. The van der Waals surface area contributed by atoms with Crippen LogP contribution in [0.1, 0.15) is 24.5 Å². The molecule has 1 aliphatic rings. The number of fused-ring (bicyclic) bond motifs is 1. The Bertz CT molecular complexity index is 331. The van der Waals surface area contributed by atoms with Crippen molar-refractivity contribution in [3.8, 4) is 0 Å². The van der Waals surface area contributed by atoms with E-state index in [1.165, 1.54) is 12.8 Å². The van der Waals surface area contributed by atoms with Gasteiger partial charge in [0, 0.05) is 26.1 Å². The van der Waals surface area contributed by atoms with Crippen LogP contribution in [0.2, 0.25) is 0 Å². The fourth-order valence-electron chi connectivity index (χ4n) is 2.00. The van der Waals surface area contributed by atoms with Crippen molar-refractivity contribution in [3.63, 3.8) is 0 Å². The SMILES string of the molecule is CN(C)CCNCc1nnc2n1CCCC2. The molecule has 1 N–H and O–H groups in total. The van der Waals surface area contributed by atoms with E-state index >= 15 is 0 Å². The minimum atomic E-state index is 0.834. The van der Waals surface area contributed by atoms with Crippen molar-refractivity contribution in [2.75, 3.05) is 27.2 Å². The molecule has 2 heterocycles. The summed E-state index contributed by atoms with van der Waals surface area (Å²) in [7, 11) is 4.17. The van der Waals surface area contributed by atoms with Crippen molar-refractivity contribution in [2.24, 2.45) is 0 Å². The molecule has 90 valence electrons. The van der Waals surface area contributed by atoms with E-state index in [0.717, 1.165) is 44.2 Å². The van der Waals surface area contributed by atoms with Crippen molar-refractivity contribution in [1.82, 2.24) is 25.0 Å². The van der Waals surface area contributed by atoms with Crippen LogP contribution in [0.15, 0.2) is 0 Å². The Balaban J connectivity index is 1.83. The van der Waals surface area contributed by atoms with Crippen LogP contribution in [-0.4, -0.2) is 46.8 Å². The van der Waals surface area contributed by atoms with Crippen LogP contribution in [0.5, 0.6) is 0 Å². The zero-order valence-electron chi connectivity index (χ0n) is 10.2. The fourth-order valence-corrected chi connectivity index (χ4v) is 2.00. The maximum absolute atomic E-state index is 4.25. The molecule has 1 aliphatic heterocycles. The lowest BCUT2D eigenvalue weighted by Crippen LogP contribution is -2.27. The summed E-state index contributed by atoms with van der Waals surface area (Å²) < 4.78 is 2.27. The van der Waals surface area contributed by atoms with Gasteiger partial charge in [-0.05, 0) is 26.9 Å². The summed E-state index contributed by atoms with van der Waals surface area (Å²) in [6, 6.07) is 0. The van der Waals surface area contributed by atoms with Crippen LogP contribution in [0, 0.1) is 0 Å². The molecule has 5 nitrogen and oxygen atoms in total. The van der Waals surface area contributed by atoms with Gasteiger partial charge in [0.2, 0.25) is 0 Å². The van der Waals surface area contributed by atoms with E-state index in [2.05, 4.69) is 39.1 Å². The molecule has 0 saturated carbocycles. The van der Waals surface area contributed by atoms with Gasteiger partial charge >= 0.3 is 0 Å². The zero-order valence-corrected chi connectivity index (χ0v) is 10.2. The highest BCUT2D eigenvalue weighted by molar-refractivity contribution is 4.98. The highest BCUT2D eigenvalue weighted by Crippen LogP contribution is 2.13. The highest BCUT2D eigenvalue weighted by atomic mass is 15.3. The summed E-state index contributed by atoms with van der Waals surface area (Å²) in [5, 5.41) is 11.9. The minimum absolute atomic E-state index is 0.834. The lowest BCUT2D eigenvalue weighted by Gasteiger charge is -2.15. The van der Waals surface area contributed by atoms with E-state index in [9.17, 15) is 0 Å². The van der Waals surface area contributed by atoms with Crippen LogP contribution in [0.4, 0.5) is 0 Å². The molecule has 5 heteroatoms. The van der Waals surface area contributed by atoms with E-state index in [4.69, 9.17) is 0 Å². The smallest absolute Gasteiger partial charge is 0.147 e. The van der Waals surface area contributed by atoms with Gasteiger partial charge in [0.25, 0.3) is 0 Å². The topological polar surface area (TPSA) is 46.0 Å². The zero-order chi connectivity index (χ0) is 11.4. The Labute approximate surface area is 96.8 Å². The molecular weight excluding hydrogens is 202 g/mol. The predicted octanol–water partition coefficient (Wildman–Crippen LogP) is 0.266. The van der Waals surface area contributed by atoms with Gasteiger partial charge < -0.3 is 14.8 Å². The van der Waals surface area contributed by atoms with Gasteiger partial charge in [-0.1, -0.05) is 0 Å². The second kappa shape index (κ2) is 5.41. The van der Waals surface area contributed by atoms with Gasteiger partial charge in [0.1, 0.15) is 11.6 Å². The first-order valence-corrected chi connectivity index (χ1v) is 6.04. The second-order valence-electron chi connectivity index (χ2n) is 4.62. The maximum atomic E-state index is 4.25. The molecule has 2 rings (SSSR count). The summed E-state index contributed by atoms with van der Waals surface area (Å²) in [5.74, 6) is 2.25. The molecule has 0 atom stereocenters. The number of aromatic nitrogens is 3. The number of hydrogen-bond acceptors (Lipinski definition) is 4. The van der Waals surface area contributed by atoms with Crippen LogP contribution < -0.4 is 5.32 Å². The average molecular weight is 223 g/mol. The standard InChI is InChI=1S/C11H21N5/c1-15(2)8-6-12-9-11-14-13-10-5-3-4-7-16(10)11/h12H,3-9H2,1-2H3. The van der Waals surface area contributed by atoms with Crippen LogP contribution >= 0.6 is 0 Å². The summed E-state index contributed by atoms with van der Waals surface area (Å²) in [6.07, 6.45) is 3.60. The number of rotatable bonds is 5. The van der Waals surface area contributed by atoms with E-state index in [1.54, 1.807) is 0 Å². The number of likely N-dealkylation sites (N-methyl/N-ethyl adjacent to an activating group) is 1. The second-order valence-corrected chi connectivity index (χ2v) is 4.62. The van der Waals surface area contributed by atoms with E-state index < -0.39 is 0 Å². The van der Waals surface area contributed by atoms with Crippen molar-refractivity contribution < 1.29 is 0 Å². The van der Waals surface area contributed by atoms with Gasteiger partial charge in [0.05, 0.1) is 6.54 Å². The molecule has 0 fully saturated rings. The third kappa shape index (κ3) is 2.80. The molecule has 0 bridgehead atoms. The summed E-state index contributed by atoms with van der Waals surface area (Å²) in [4.78, 5) is 2.17. The maximum Gasteiger partial charge on any atom is 0.147 e. The van der Waals surface area contributed by atoms with Crippen molar-refractivity contribution in [2.45, 2.75) is 32.4 Å². The van der Waals surface area contributed by atoms with Gasteiger partial charge in [0.15, 0.2) is 0 Å². The normalized spacial score (nSPS) is 15.4. The number of nitrogens with zero attached hydrogens (tertiary/aromatic N) is 4. The highest BCUT2D eigenvalue weighted by Gasteiger charge is 2.14. The molecule has 0 unspecified atom stereocenters. The Morgan fingerprint density at radius 3 is 3.00 bits per heavy atom. The monoisotopic (exact) mass is 223 g/mol. The number of hydrogen-bond donors (Lipinski definition) is 1. The molecule has 0 amide bonds. The van der Waals surface area contributed by atoms with Crippen LogP contribution in [0.3, 0.4) is 0 Å². The third-order valence-corrected chi connectivity index (χ3v) is 2.96. The molecule has 0 aliphatic carbocycles. The van der Waals surface area contributed by atoms with Gasteiger partial charge in [-0.2, -0.15) is 0 Å². The van der Waals surface area contributed by atoms with Crippen molar-refractivity contribution in [1.29, 1.82) is 0 Å². The third-order valence-electron chi connectivity index (χ3n) is 2.96. The van der Waals surface area contributed by atoms with E-state index in [-0.39, 0.29) is 0 Å². The molecule has 1 aromatic rings. The molecule has 0 spiro atoms. The number of aryl methyl sites for hydroxylation is 1. The Morgan fingerprint density at radius 2 is 2.19 bits per heavy atom. The molecule has 0 aromatic carbocycles. The first kappa shape index (κ1) is 11.5. The molecule has 16 heavy (non-hydrogen) atoms. The van der Waals surface area contributed by atoms with Gasteiger partial charge in [-0.25, -0.2) is 0 Å². The molecular formula is C11H21N5. The lowest BCUT2D eigenvalue weighted by molar-refractivity contribution is 0.396. The summed E-state index contributed by atoms with van der Waals surface area (Å²) in [5.41, 5.74) is 0. The fraction of sp³-hybridized carbons (Fsp3) is 0.818. The predicted molar refractivity (Wildman–Crippen MR) is 63.2 cm³/mol. The van der Waals surface area contributed by atoms with Crippen LogP contribution in [0.25, 0.3) is 0 Å². The van der Waals surface area contributed by atoms with Gasteiger partial charge in [-0.3, -0.25) is 0 Å². The largest absolute Gasteiger partial charge is 0.314 e. The molecule has 1 aromatic heterocycles. The van der Waals surface area contributed by atoms with Crippen molar-refractivity contribution >= 4 is 0 Å². The van der Waals surface area contributed by atoms with E-state index in [0.29, 0.717) is 0 Å².